The van der Waals surface area contributed by atoms with Crippen molar-refractivity contribution in [2.24, 2.45) is 0 Å². The number of nitrogens with zero attached hydrogens (tertiary/aromatic N) is 1. The molecule has 0 spiro atoms. The van der Waals surface area contributed by atoms with E-state index in [1.165, 1.54) is 0 Å². The Balaban J connectivity index is 1.76. The summed E-state index contributed by atoms with van der Waals surface area (Å²) in [5, 5.41) is 11.7. The van der Waals surface area contributed by atoms with E-state index in [1.54, 1.807) is 30.6 Å². The number of carbonyl (C=O) groups excluding carboxylic acids is 1. The molecular formula is C21H21N3O2S2. The minimum Gasteiger partial charge on any atom is -0.495 e. The van der Waals surface area contributed by atoms with Crippen molar-refractivity contribution in [2.75, 3.05) is 18.2 Å². The van der Waals surface area contributed by atoms with Crippen LogP contribution in [0.5, 0.6) is 5.75 Å². The fraction of sp³-hybridized carbons (Fsp3) is 0.238. The molecule has 1 amide bonds. The molecule has 7 heteroatoms. The summed E-state index contributed by atoms with van der Waals surface area (Å²) in [5.41, 5.74) is 3.25. The average molecular weight is 412 g/mol. The van der Waals surface area contributed by atoms with Gasteiger partial charge in [-0.3, -0.25) is 10.2 Å². The molecule has 0 bridgehead atoms. The lowest BCUT2D eigenvalue weighted by molar-refractivity contribution is -0.113. The molecule has 2 aromatic rings. The summed E-state index contributed by atoms with van der Waals surface area (Å²) in [5.74, 6) is 1.64. The summed E-state index contributed by atoms with van der Waals surface area (Å²) in [6.07, 6.45) is 1.90. The van der Waals surface area contributed by atoms with E-state index in [0.29, 0.717) is 22.8 Å². The van der Waals surface area contributed by atoms with Crippen LogP contribution in [0.3, 0.4) is 0 Å². The van der Waals surface area contributed by atoms with E-state index in [0.717, 1.165) is 26.2 Å². The van der Waals surface area contributed by atoms with Gasteiger partial charge in [0.25, 0.3) is 5.91 Å². The molecule has 144 valence electrons. The van der Waals surface area contributed by atoms with E-state index in [2.05, 4.69) is 12.2 Å². The first-order valence-corrected chi connectivity index (χ1v) is 10.8. The van der Waals surface area contributed by atoms with Crippen LogP contribution in [-0.4, -0.2) is 29.2 Å². The average Bonchev–Trinajstić information content (AvgIpc) is 3.26. The highest BCUT2D eigenvalue weighted by atomic mass is 32.2. The second-order valence-electron chi connectivity index (χ2n) is 6.45. The third-order valence-electron chi connectivity index (χ3n) is 4.87. The summed E-state index contributed by atoms with van der Waals surface area (Å²) in [6, 6.07) is 11.3. The number of amides is 1. The number of benzene rings is 1. The maximum absolute atomic E-state index is 13.3. The Labute approximate surface area is 172 Å². The number of thioether (sulfide) groups is 2. The molecule has 2 aliphatic rings. The third kappa shape index (κ3) is 2.99. The van der Waals surface area contributed by atoms with Crippen molar-refractivity contribution >= 4 is 41.0 Å². The van der Waals surface area contributed by atoms with Gasteiger partial charge in [-0.25, -0.2) is 0 Å². The molecule has 3 heterocycles. The van der Waals surface area contributed by atoms with Gasteiger partial charge in [0, 0.05) is 23.0 Å². The molecule has 28 heavy (non-hydrogen) atoms. The van der Waals surface area contributed by atoms with Crippen molar-refractivity contribution in [2.45, 2.75) is 19.8 Å². The van der Waals surface area contributed by atoms with Gasteiger partial charge in [0.05, 0.1) is 23.0 Å². The van der Waals surface area contributed by atoms with Crippen LogP contribution in [-0.2, 0) is 4.79 Å². The van der Waals surface area contributed by atoms with Crippen LogP contribution in [0.2, 0.25) is 0 Å². The summed E-state index contributed by atoms with van der Waals surface area (Å²) >= 11 is 3.33. The van der Waals surface area contributed by atoms with Gasteiger partial charge < -0.3 is 14.6 Å². The van der Waals surface area contributed by atoms with Crippen molar-refractivity contribution < 1.29 is 9.53 Å². The summed E-state index contributed by atoms with van der Waals surface area (Å²) in [4.78, 5) is 14.3. The summed E-state index contributed by atoms with van der Waals surface area (Å²) in [6.45, 7) is 4.10. The number of carbonyl (C=O) groups is 1. The van der Waals surface area contributed by atoms with Gasteiger partial charge in [0.2, 0.25) is 0 Å². The molecule has 4 rings (SSSR count). The standard InChI is InChI=1S/C21H21N3O2S2/c1-4-27-21-18-17(14-9-7-11-24(14)19(18)22)16(12(2)28-21)20(25)23-13-8-5-6-10-15(13)26-3/h5-11,17,22H,4H2,1-3H3,(H,23,25). The highest BCUT2D eigenvalue weighted by Crippen LogP contribution is 2.53. The first kappa shape index (κ1) is 19.0. The largest absolute Gasteiger partial charge is 0.495 e. The Morgan fingerprint density at radius 3 is 2.86 bits per heavy atom. The Morgan fingerprint density at radius 1 is 1.32 bits per heavy atom. The summed E-state index contributed by atoms with van der Waals surface area (Å²) in [7, 11) is 1.59. The number of rotatable bonds is 5. The molecule has 2 aliphatic heterocycles. The number of para-hydroxylation sites is 2. The first-order valence-electron chi connectivity index (χ1n) is 9.03. The Bertz CT molecular complexity index is 1040. The molecule has 1 atom stereocenters. The molecule has 0 saturated carbocycles. The fourth-order valence-corrected chi connectivity index (χ4v) is 6.19. The number of methoxy groups -OCH3 is 1. The fourth-order valence-electron chi connectivity index (χ4n) is 3.67. The molecule has 2 N–H and O–H groups in total. The SMILES string of the molecule is CCSC1=C2C(=N)n3cccc3C2C(C(=O)Nc2ccccc2OC)=C(C)S1. The van der Waals surface area contributed by atoms with Crippen LogP contribution in [0, 0.1) is 5.41 Å². The predicted octanol–water partition coefficient (Wildman–Crippen LogP) is 5.04. The number of allylic oxidation sites excluding steroid dienone is 2. The van der Waals surface area contributed by atoms with Crippen LogP contribution in [0.1, 0.15) is 25.5 Å². The van der Waals surface area contributed by atoms with Gasteiger partial charge in [-0.15, -0.1) is 11.8 Å². The van der Waals surface area contributed by atoms with E-state index >= 15 is 0 Å². The second kappa shape index (κ2) is 7.56. The van der Waals surface area contributed by atoms with E-state index in [1.807, 2.05) is 54.1 Å². The van der Waals surface area contributed by atoms with Crippen molar-refractivity contribution in [1.82, 2.24) is 4.57 Å². The molecule has 0 saturated heterocycles. The minimum atomic E-state index is -0.215. The molecular weight excluding hydrogens is 390 g/mol. The maximum Gasteiger partial charge on any atom is 0.253 e. The number of ether oxygens (including phenoxy) is 1. The van der Waals surface area contributed by atoms with Crippen molar-refractivity contribution in [3.05, 3.63) is 68.6 Å². The Kier molecular flexibility index (Phi) is 5.12. The lowest BCUT2D eigenvalue weighted by atomic mass is 9.89. The molecule has 1 unspecified atom stereocenters. The third-order valence-corrected chi connectivity index (χ3v) is 7.18. The molecule has 0 radical (unpaired) electrons. The maximum atomic E-state index is 13.3. The van der Waals surface area contributed by atoms with Crippen LogP contribution in [0.4, 0.5) is 5.69 Å². The zero-order valence-electron chi connectivity index (χ0n) is 15.9. The number of hydrogen-bond donors (Lipinski definition) is 2. The van der Waals surface area contributed by atoms with E-state index < -0.39 is 0 Å². The monoisotopic (exact) mass is 411 g/mol. The quantitative estimate of drug-likeness (QED) is 0.723. The number of fused-ring (bicyclic) bond motifs is 3. The zero-order valence-corrected chi connectivity index (χ0v) is 17.5. The Hall–Kier alpha value is -2.38. The molecule has 0 aliphatic carbocycles. The van der Waals surface area contributed by atoms with Crippen molar-refractivity contribution in [1.29, 1.82) is 5.41 Å². The highest BCUT2D eigenvalue weighted by Gasteiger charge is 2.42. The van der Waals surface area contributed by atoms with Gasteiger partial charge in [-0.2, -0.15) is 0 Å². The van der Waals surface area contributed by atoms with Gasteiger partial charge in [-0.05, 0) is 41.8 Å². The number of hydrogen-bond acceptors (Lipinski definition) is 5. The van der Waals surface area contributed by atoms with E-state index in [9.17, 15) is 4.79 Å². The highest BCUT2D eigenvalue weighted by molar-refractivity contribution is 8.24. The first-order chi connectivity index (χ1) is 13.6. The number of nitrogens with one attached hydrogen (secondary N) is 2. The van der Waals surface area contributed by atoms with E-state index in [-0.39, 0.29) is 11.8 Å². The minimum absolute atomic E-state index is 0.153. The van der Waals surface area contributed by atoms with Crippen LogP contribution in [0.15, 0.2) is 62.9 Å². The predicted molar refractivity (Wildman–Crippen MR) is 117 cm³/mol. The van der Waals surface area contributed by atoms with Gasteiger partial charge >= 0.3 is 0 Å². The molecule has 5 nitrogen and oxygen atoms in total. The second-order valence-corrected chi connectivity index (χ2v) is 9.20. The number of anilines is 1. The molecule has 1 aromatic carbocycles. The zero-order chi connectivity index (χ0) is 19.8. The topological polar surface area (TPSA) is 67.1 Å². The lowest BCUT2D eigenvalue weighted by Gasteiger charge is -2.26. The van der Waals surface area contributed by atoms with Crippen molar-refractivity contribution in [3.63, 3.8) is 0 Å². The smallest absolute Gasteiger partial charge is 0.253 e. The summed E-state index contributed by atoms with van der Waals surface area (Å²) < 4.78 is 8.37. The normalized spacial score (nSPS) is 18.2. The van der Waals surface area contributed by atoms with Gasteiger partial charge in [-0.1, -0.05) is 30.8 Å². The van der Waals surface area contributed by atoms with Gasteiger partial charge in [0.1, 0.15) is 11.6 Å². The van der Waals surface area contributed by atoms with Crippen LogP contribution in [0.25, 0.3) is 0 Å². The number of aromatic nitrogens is 1. The van der Waals surface area contributed by atoms with Gasteiger partial charge in [0.15, 0.2) is 0 Å². The van der Waals surface area contributed by atoms with Crippen LogP contribution >= 0.6 is 23.5 Å². The Morgan fingerprint density at radius 2 is 2.11 bits per heavy atom. The van der Waals surface area contributed by atoms with Crippen molar-refractivity contribution in [3.8, 4) is 5.75 Å². The van der Waals surface area contributed by atoms with E-state index in [4.69, 9.17) is 10.1 Å². The van der Waals surface area contributed by atoms with Crippen LogP contribution < -0.4 is 10.1 Å². The molecule has 1 aromatic heterocycles. The lowest BCUT2D eigenvalue weighted by Crippen LogP contribution is -2.23. The molecule has 0 fully saturated rings.